The Labute approximate surface area is 103 Å². The normalized spacial score (nSPS) is 48.1. The Morgan fingerprint density at radius 3 is 2.76 bits per heavy atom. The van der Waals surface area contributed by atoms with Crippen LogP contribution in [0, 0.1) is 22.7 Å². The first-order valence-electron chi connectivity index (χ1n) is 6.64. The van der Waals surface area contributed by atoms with Crippen LogP contribution < -0.4 is 5.32 Å². The quantitative estimate of drug-likeness (QED) is 0.682. The average Bonchev–Trinajstić information content (AvgIpc) is 2.72. The molecule has 1 aliphatic heterocycles. The summed E-state index contributed by atoms with van der Waals surface area (Å²) in [6.45, 7) is 9.41. The van der Waals surface area contributed by atoms with Crippen LogP contribution in [-0.2, 0) is 4.79 Å². The highest BCUT2D eigenvalue weighted by Crippen LogP contribution is 2.65. The molecule has 1 amide bonds. The number of carbonyl (C=O) groups excluding carboxylic acids is 1. The van der Waals surface area contributed by atoms with E-state index in [9.17, 15) is 4.79 Å². The Morgan fingerprint density at radius 2 is 2.06 bits per heavy atom. The van der Waals surface area contributed by atoms with E-state index in [0.717, 1.165) is 5.70 Å². The van der Waals surface area contributed by atoms with Crippen molar-refractivity contribution < 1.29 is 4.79 Å². The van der Waals surface area contributed by atoms with Gasteiger partial charge in [-0.15, -0.1) is 0 Å². The van der Waals surface area contributed by atoms with E-state index in [1.165, 1.54) is 18.4 Å². The monoisotopic (exact) mass is 231 g/mol. The summed E-state index contributed by atoms with van der Waals surface area (Å²) in [5.74, 6) is 1.22. The number of nitrogens with one attached hydrogen (secondary N) is 1. The molecular formula is C15H21NO. The number of fused-ring (bicyclic) bond motifs is 2. The van der Waals surface area contributed by atoms with Crippen LogP contribution in [0.25, 0.3) is 0 Å². The van der Waals surface area contributed by atoms with E-state index in [1.807, 2.05) is 0 Å². The number of carbonyl (C=O) groups is 1. The predicted molar refractivity (Wildman–Crippen MR) is 68.1 cm³/mol. The van der Waals surface area contributed by atoms with Crippen LogP contribution in [0.4, 0.5) is 0 Å². The van der Waals surface area contributed by atoms with Crippen LogP contribution in [0.5, 0.6) is 0 Å². The SMILES string of the molecule is C[C@@H]1CC[C@@]2(C)[C@H](C)C3=CC(=O)NC3=C[C@@]12C. The number of hydrogen-bond donors (Lipinski definition) is 1. The zero-order valence-electron chi connectivity index (χ0n) is 11.1. The molecule has 0 spiro atoms. The molecule has 1 saturated carbocycles. The van der Waals surface area contributed by atoms with Gasteiger partial charge in [0.2, 0.25) is 5.91 Å². The summed E-state index contributed by atoms with van der Waals surface area (Å²) in [6, 6.07) is 0. The van der Waals surface area contributed by atoms with Gasteiger partial charge in [0.05, 0.1) is 0 Å². The number of amides is 1. The number of allylic oxidation sites excluding steroid dienone is 2. The van der Waals surface area contributed by atoms with Gasteiger partial charge in [-0.05, 0) is 41.1 Å². The Morgan fingerprint density at radius 1 is 1.35 bits per heavy atom. The van der Waals surface area contributed by atoms with Crippen molar-refractivity contribution in [1.29, 1.82) is 0 Å². The summed E-state index contributed by atoms with van der Waals surface area (Å²) in [4.78, 5) is 11.5. The highest BCUT2D eigenvalue weighted by atomic mass is 16.1. The molecule has 0 unspecified atom stereocenters. The molecule has 0 saturated heterocycles. The fourth-order valence-electron chi connectivity index (χ4n) is 4.22. The second kappa shape index (κ2) is 3.04. The van der Waals surface area contributed by atoms with E-state index in [-0.39, 0.29) is 11.3 Å². The molecule has 92 valence electrons. The van der Waals surface area contributed by atoms with Crippen molar-refractivity contribution >= 4 is 5.91 Å². The second-order valence-corrected chi connectivity index (χ2v) is 6.51. The standard InChI is InChI=1S/C15H21NO/c1-9-5-6-14(3)10(2)11-7-13(17)16-12(11)8-15(9,14)4/h7-10H,5-6H2,1-4H3,(H,16,17)/t9-,10-,14+,15+/m1/s1. The molecule has 3 aliphatic rings. The fourth-order valence-corrected chi connectivity index (χ4v) is 4.22. The maximum atomic E-state index is 11.5. The van der Waals surface area contributed by atoms with Crippen LogP contribution in [0.2, 0.25) is 0 Å². The van der Waals surface area contributed by atoms with Crippen molar-refractivity contribution in [2.45, 2.75) is 40.5 Å². The van der Waals surface area contributed by atoms with Crippen LogP contribution in [0.15, 0.2) is 23.4 Å². The van der Waals surface area contributed by atoms with E-state index in [0.29, 0.717) is 17.3 Å². The number of rotatable bonds is 0. The Kier molecular flexibility index (Phi) is 1.98. The van der Waals surface area contributed by atoms with Gasteiger partial charge < -0.3 is 5.32 Å². The van der Waals surface area contributed by atoms with Crippen molar-refractivity contribution in [3.8, 4) is 0 Å². The molecule has 2 heteroatoms. The van der Waals surface area contributed by atoms with E-state index in [1.54, 1.807) is 6.08 Å². The number of hydrogen-bond acceptors (Lipinski definition) is 1. The third-order valence-corrected chi connectivity index (χ3v) is 6.07. The second-order valence-electron chi connectivity index (χ2n) is 6.51. The third kappa shape index (κ3) is 1.14. The molecule has 0 bridgehead atoms. The smallest absolute Gasteiger partial charge is 0.248 e. The van der Waals surface area contributed by atoms with Crippen LogP contribution in [0.3, 0.4) is 0 Å². The lowest BCUT2D eigenvalue weighted by molar-refractivity contribution is -0.115. The lowest BCUT2D eigenvalue weighted by Gasteiger charge is -2.50. The predicted octanol–water partition coefficient (Wildman–Crippen LogP) is 3.02. The highest BCUT2D eigenvalue weighted by Gasteiger charge is 2.57. The van der Waals surface area contributed by atoms with Crippen LogP contribution in [0.1, 0.15) is 40.5 Å². The van der Waals surface area contributed by atoms with Gasteiger partial charge in [0.1, 0.15) is 0 Å². The zero-order valence-corrected chi connectivity index (χ0v) is 11.1. The lowest BCUT2D eigenvalue weighted by atomic mass is 9.54. The summed E-state index contributed by atoms with van der Waals surface area (Å²) >= 11 is 0. The maximum absolute atomic E-state index is 11.5. The molecule has 17 heavy (non-hydrogen) atoms. The van der Waals surface area contributed by atoms with Gasteiger partial charge in [-0.2, -0.15) is 0 Å². The molecule has 3 rings (SSSR count). The minimum atomic E-state index is 0.0536. The molecule has 1 heterocycles. The summed E-state index contributed by atoms with van der Waals surface area (Å²) in [5.41, 5.74) is 2.82. The van der Waals surface area contributed by atoms with Crippen molar-refractivity contribution in [2.24, 2.45) is 22.7 Å². The van der Waals surface area contributed by atoms with Gasteiger partial charge in [0.15, 0.2) is 0 Å². The molecule has 0 aromatic heterocycles. The Hall–Kier alpha value is -1.05. The van der Waals surface area contributed by atoms with Gasteiger partial charge in [0.25, 0.3) is 0 Å². The summed E-state index contributed by atoms with van der Waals surface area (Å²) in [5, 5.41) is 2.99. The Balaban J connectivity index is 2.19. The van der Waals surface area contributed by atoms with Gasteiger partial charge in [-0.1, -0.05) is 33.8 Å². The van der Waals surface area contributed by atoms with Crippen molar-refractivity contribution in [3.05, 3.63) is 23.4 Å². The fraction of sp³-hybridized carbons (Fsp3) is 0.667. The molecule has 4 atom stereocenters. The molecule has 2 nitrogen and oxygen atoms in total. The molecule has 1 N–H and O–H groups in total. The first kappa shape index (κ1) is 11.1. The molecule has 0 radical (unpaired) electrons. The zero-order chi connectivity index (χ0) is 12.4. The Bertz CT molecular complexity index is 462. The lowest BCUT2D eigenvalue weighted by Crippen LogP contribution is -2.44. The van der Waals surface area contributed by atoms with Crippen LogP contribution in [-0.4, -0.2) is 5.91 Å². The third-order valence-electron chi connectivity index (χ3n) is 6.07. The minimum absolute atomic E-state index is 0.0536. The van der Waals surface area contributed by atoms with Gasteiger partial charge in [0, 0.05) is 11.8 Å². The summed E-state index contributed by atoms with van der Waals surface area (Å²) in [6.07, 6.45) is 6.69. The summed E-state index contributed by atoms with van der Waals surface area (Å²) in [7, 11) is 0. The first-order valence-corrected chi connectivity index (χ1v) is 6.64. The molecule has 2 aliphatic carbocycles. The molecule has 0 aromatic carbocycles. The van der Waals surface area contributed by atoms with E-state index in [4.69, 9.17) is 0 Å². The molecule has 1 fully saturated rings. The molecular weight excluding hydrogens is 210 g/mol. The van der Waals surface area contributed by atoms with Gasteiger partial charge >= 0.3 is 0 Å². The first-order chi connectivity index (χ1) is 7.88. The van der Waals surface area contributed by atoms with Crippen molar-refractivity contribution in [2.75, 3.05) is 0 Å². The van der Waals surface area contributed by atoms with Crippen molar-refractivity contribution in [3.63, 3.8) is 0 Å². The van der Waals surface area contributed by atoms with Crippen molar-refractivity contribution in [1.82, 2.24) is 5.32 Å². The summed E-state index contributed by atoms with van der Waals surface area (Å²) < 4.78 is 0. The molecule has 0 aromatic rings. The average molecular weight is 231 g/mol. The maximum Gasteiger partial charge on any atom is 0.248 e. The largest absolute Gasteiger partial charge is 0.323 e. The van der Waals surface area contributed by atoms with E-state index in [2.05, 4.69) is 39.1 Å². The van der Waals surface area contributed by atoms with E-state index >= 15 is 0 Å². The van der Waals surface area contributed by atoms with Gasteiger partial charge in [-0.25, -0.2) is 0 Å². The highest BCUT2D eigenvalue weighted by molar-refractivity contribution is 5.95. The topological polar surface area (TPSA) is 29.1 Å². The van der Waals surface area contributed by atoms with E-state index < -0.39 is 0 Å². The van der Waals surface area contributed by atoms with Gasteiger partial charge in [-0.3, -0.25) is 4.79 Å². The van der Waals surface area contributed by atoms with Crippen LogP contribution >= 0.6 is 0 Å². The minimum Gasteiger partial charge on any atom is -0.323 e.